The van der Waals surface area contributed by atoms with Crippen LogP contribution in [-0.4, -0.2) is 34.4 Å². The molecule has 0 unspecified atom stereocenters. The summed E-state index contributed by atoms with van der Waals surface area (Å²) >= 11 is 2.02. The van der Waals surface area contributed by atoms with E-state index in [1.807, 2.05) is 6.07 Å². The van der Waals surface area contributed by atoms with Gasteiger partial charge in [0, 0.05) is 0 Å². The van der Waals surface area contributed by atoms with E-state index in [0.717, 1.165) is 20.9 Å². The van der Waals surface area contributed by atoms with Gasteiger partial charge >= 0.3 is 226 Å². The van der Waals surface area contributed by atoms with Crippen molar-refractivity contribution in [3.63, 3.8) is 0 Å². The predicted octanol–water partition coefficient (Wildman–Crippen LogP) is 6.01. The number of thiazole rings is 1. The van der Waals surface area contributed by atoms with Gasteiger partial charge < -0.3 is 0 Å². The van der Waals surface area contributed by atoms with Crippen molar-refractivity contribution < 1.29 is 0 Å². The fourth-order valence-electron chi connectivity index (χ4n) is 4.57. The monoisotopic (exact) mass is 611 g/mol. The summed E-state index contributed by atoms with van der Waals surface area (Å²) in [5.41, 5.74) is 5.21. The van der Waals surface area contributed by atoms with E-state index in [1.165, 1.54) is 35.5 Å². The Hall–Kier alpha value is -3.42. The molecular formula is C30H17N3SSe2. The molecule has 0 spiro atoms. The molecule has 1 aliphatic rings. The number of hydrogen-bond donors (Lipinski definition) is 0. The molecule has 0 atom stereocenters. The zero-order valence-corrected chi connectivity index (χ0v) is 23.1. The Morgan fingerprint density at radius 1 is 0.833 bits per heavy atom. The van der Waals surface area contributed by atoms with Crippen molar-refractivity contribution in [2.24, 2.45) is 0 Å². The Balaban J connectivity index is 1.36. The van der Waals surface area contributed by atoms with Crippen molar-refractivity contribution in [2.75, 3.05) is 4.90 Å². The number of para-hydroxylation sites is 2. The minimum atomic E-state index is 0.148. The van der Waals surface area contributed by atoms with Gasteiger partial charge in [-0.3, -0.25) is 0 Å². The van der Waals surface area contributed by atoms with Gasteiger partial charge in [-0.05, 0) is 0 Å². The maximum atomic E-state index is 10.2. The third kappa shape index (κ3) is 3.65. The summed E-state index contributed by atoms with van der Waals surface area (Å²) in [4.78, 5) is 9.50. The fraction of sp³-hybridized carbons (Fsp3) is 0. The molecule has 0 amide bonds. The fourth-order valence-corrected chi connectivity index (χ4v) is 9.45. The average molecular weight is 609 g/mol. The van der Waals surface area contributed by atoms with Gasteiger partial charge in [-0.1, -0.05) is 0 Å². The summed E-state index contributed by atoms with van der Waals surface area (Å²) in [6, 6.07) is 34.7. The van der Waals surface area contributed by atoms with E-state index in [-0.39, 0.29) is 29.5 Å². The molecule has 7 rings (SSSR count). The van der Waals surface area contributed by atoms with Gasteiger partial charge in [0.05, 0.1) is 0 Å². The number of hydrogen-bond acceptors (Lipinski definition) is 4. The van der Waals surface area contributed by atoms with E-state index in [1.54, 1.807) is 11.3 Å². The second-order valence-electron chi connectivity index (χ2n) is 8.40. The first-order chi connectivity index (χ1) is 17.8. The van der Waals surface area contributed by atoms with Crippen LogP contribution in [-0.2, 0) is 0 Å². The van der Waals surface area contributed by atoms with Crippen LogP contribution < -0.4 is 13.8 Å². The third-order valence-electron chi connectivity index (χ3n) is 6.23. The van der Waals surface area contributed by atoms with Crippen LogP contribution in [0.15, 0.2) is 95.9 Å². The molecule has 0 saturated carbocycles. The molecule has 170 valence electrons. The molecule has 0 N–H and O–H groups in total. The normalized spacial score (nSPS) is 13.0. The SMILES string of the molecule is N#CC(=Cc1[se]ccc1N1c2ccccc2[Se]c2ccccc21)c1nc2cc3ccccc3cc2s1. The average Bonchev–Trinajstić information content (AvgIpc) is 3.55. The molecule has 36 heavy (non-hydrogen) atoms. The first-order valence-corrected chi connectivity index (χ1v) is 15.8. The number of benzene rings is 4. The van der Waals surface area contributed by atoms with Crippen molar-refractivity contribution in [2.45, 2.75) is 0 Å². The first-order valence-electron chi connectivity index (χ1n) is 11.4. The Morgan fingerprint density at radius 2 is 1.50 bits per heavy atom. The Bertz CT molecular complexity index is 1760. The van der Waals surface area contributed by atoms with E-state index in [0.29, 0.717) is 5.57 Å². The molecule has 6 aromatic rings. The van der Waals surface area contributed by atoms with Gasteiger partial charge in [-0.2, -0.15) is 0 Å². The van der Waals surface area contributed by atoms with Gasteiger partial charge in [-0.15, -0.1) is 0 Å². The summed E-state index contributed by atoms with van der Waals surface area (Å²) in [5, 5.41) is 13.3. The molecule has 6 heteroatoms. The minimum absolute atomic E-state index is 0.148. The predicted molar refractivity (Wildman–Crippen MR) is 154 cm³/mol. The Labute approximate surface area is 224 Å². The molecule has 0 fully saturated rings. The Morgan fingerprint density at radius 3 is 2.22 bits per heavy atom. The van der Waals surface area contributed by atoms with E-state index >= 15 is 0 Å². The summed E-state index contributed by atoms with van der Waals surface area (Å²) in [6.07, 6.45) is 2.07. The Kier molecular flexibility index (Phi) is 5.40. The number of nitrogens with zero attached hydrogens (tertiary/aromatic N) is 3. The van der Waals surface area contributed by atoms with Crippen molar-refractivity contribution in [3.05, 3.63) is 105 Å². The molecule has 0 aliphatic carbocycles. The van der Waals surface area contributed by atoms with Crippen molar-refractivity contribution in [3.8, 4) is 6.07 Å². The number of aromatic nitrogens is 1. The zero-order valence-electron chi connectivity index (χ0n) is 18.9. The molecule has 3 nitrogen and oxygen atoms in total. The van der Waals surface area contributed by atoms with Gasteiger partial charge in [-0.25, -0.2) is 0 Å². The number of fused-ring (bicyclic) bond motifs is 4. The number of nitriles is 1. The summed E-state index contributed by atoms with van der Waals surface area (Å²) in [6.45, 7) is 0. The number of anilines is 3. The van der Waals surface area contributed by atoms with Crippen LogP contribution in [0.25, 0.3) is 32.6 Å². The van der Waals surface area contributed by atoms with Gasteiger partial charge in [0.25, 0.3) is 0 Å². The number of allylic oxidation sites excluding steroid dienone is 1. The van der Waals surface area contributed by atoms with Crippen LogP contribution in [0, 0.1) is 11.3 Å². The second kappa shape index (κ2) is 8.91. The van der Waals surface area contributed by atoms with Crippen LogP contribution in [0.4, 0.5) is 17.1 Å². The van der Waals surface area contributed by atoms with E-state index < -0.39 is 0 Å². The molecule has 0 bridgehead atoms. The molecule has 0 radical (unpaired) electrons. The molecule has 2 aromatic heterocycles. The molecule has 3 heterocycles. The maximum absolute atomic E-state index is 10.2. The molecule has 4 aromatic carbocycles. The van der Waals surface area contributed by atoms with E-state index in [2.05, 4.69) is 107 Å². The molecule has 1 aliphatic heterocycles. The topological polar surface area (TPSA) is 39.9 Å². The first kappa shape index (κ1) is 21.8. The summed E-state index contributed by atoms with van der Waals surface area (Å²) < 4.78 is 5.06. The third-order valence-corrected chi connectivity index (χ3v) is 11.4. The van der Waals surface area contributed by atoms with Crippen LogP contribution in [0.3, 0.4) is 0 Å². The second-order valence-corrected chi connectivity index (χ2v) is 13.7. The number of rotatable bonds is 3. The van der Waals surface area contributed by atoms with Crippen LogP contribution >= 0.6 is 11.3 Å². The summed E-state index contributed by atoms with van der Waals surface area (Å²) in [5.74, 6) is 0. The quantitative estimate of drug-likeness (QED) is 0.182. The van der Waals surface area contributed by atoms with Crippen LogP contribution in [0.5, 0.6) is 0 Å². The van der Waals surface area contributed by atoms with Crippen LogP contribution in [0.2, 0.25) is 0 Å². The van der Waals surface area contributed by atoms with Crippen LogP contribution in [0.1, 0.15) is 9.44 Å². The molecular weight excluding hydrogens is 592 g/mol. The van der Waals surface area contributed by atoms with Crippen molar-refractivity contribution >= 4 is 99.4 Å². The standard InChI is InChI=1S/C30H17N3SSe2/c31-18-21(30-32-22-15-19-7-1-2-8-20(19)16-26(22)34-30)17-29-25(13-14-35-29)33-23-9-3-5-11-27(23)36-28-12-6-4-10-24(28)33/h1-17H. The van der Waals surface area contributed by atoms with Crippen molar-refractivity contribution in [1.29, 1.82) is 5.26 Å². The zero-order chi connectivity index (χ0) is 24.1. The summed E-state index contributed by atoms with van der Waals surface area (Å²) in [7, 11) is 0. The molecule has 0 saturated heterocycles. The van der Waals surface area contributed by atoms with Gasteiger partial charge in [0.1, 0.15) is 0 Å². The van der Waals surface area contributed by atoms with Gasteiger partial charge in [0.15, 0.2) is 0 Å². The van der Waals surface area contributed by atoms with E-state index in [4.69, 9.17) is 4.98 Å². The van der Waals surface area contributed by atoms with Gasteiger partial charge in [0.2, 0.25) is 0 Å². The van der Waals surface area contributed by atoms with E-state index in [9.17, 15) is 5.26 Å². The van der Waals surface area contributed by atoms with Crippen molar-refractivity contribution in [1.82, 2.24) is 4.98 Å².